The van der Waals surface area contributed by atoms with Crippen LogP contribution in [-0.2, 0) is 4.79 Å². The standard InChI is InChI=1S/C19H22BrN3O2/c20-15-8-6-14(7-9-15)17(24)10-11-19(25)22-18-12-13-21-23(18)16-4-2-1-3-5-16/h6-9,12-13,16H,1-5,10-11H2,(H,22,25). The van der Waals surface area contributed by atoms with Crippen LogP contribution in [0.25, 0.3) is 0 Å². The summed E-state index contributed by atoms with van der Waals surface area (Å²) in [5.41, 5.74) is 0.628. The number of hydrogen-bond acceptors (Lipinski definition) is 3. The molecule has 1 amide bonds. The molecule has 0 saturated heterocycles. The molecule has 5 nitrogen and oxygen atoms in total. The molecule has 1 fully saturated rings. The van der Waals surface area contributed by atoms with Crippen molar-refractivity contribution in [3.8, 4) is 0 Å². The Kier molecular flexibility index (Phi) is 6.02. The fourth-order valence-corrected chi connectivity index (χ4v) is 3.51. The van der Waals surface area contributed by atoms with Crippen molar-refractivity contribution >= 4 is 33.4 Å². The van der Waals surface area contributed by atoms with Gasteiger partial charge >= 0.3 is 0 Å². The fourth-order valence-electron chi connectivity index (χ4n) is 3.24. The number of carbonyl (C=O) groups excluding carboxylic acids is 2. The summed E-state index contributed by atoms with van der Waals surface area (Å²) in [7, 11) is 0. The van der Waals surface area contributed by atoms with Crippen LogP contribution in [0.4, 0.5) is 5.82 Å². The smallest absolute Gasteiger partial charge is 0.225 e. The van der Waals surface area contributed by atoms with Crippen LogP contribution in [0, 0.1) is 0 Å². The number of nitrogens with zero attached hydrogens (tertiary/aromatic N) is 2. The van der Waals surface area contributed by atoms with Crippen molar-refractivity contribution in [2.24, 2.45) is 0 Å². The maximum Gasteiger partial charge on any atom is 0.225 e. The summed E-state index contributed by atoms with van der Waals surface area (Å²) >= 11 is 3.35. The van der Waals surface area contributed by atoms with Gasteiger partial charge in [0.1, 0.15) is 5.82 Å². The molecule has 0 unspecified atom stereocenters. The first-order valence-electron chi connectivity index (χ1n) is 8.75. The second-order valence-corrected chi connectivity index (χ2v) is 7.35. The largest absolute Gasteiger partial charge is 0.311 e. The van der Waals surface area contributed by atoms with Gasteiger partial charge in [-0.15, -0.1) is 0 Å². The number of anilines is 1. The Hall–Kier alpha value is -1.95. The van der Waals surface area contributed by atoms with E-state index in [1.807, 2.05) is 22.9 Å². The van der Waals surface area contributed by atoms with Crippen LogP contribution >= 0.6 is 15.9 Å². The number of rotatable bonds is 6. The quantitative estimate of drug-likeness (QED) is 0.707. The molecule has 1 aliphatic rings. The maximum atomic E-state index is 12.2. The van der Waals surface area contributed by atoms with Crippen molar-refractivity contribution in [1.82, 2.24) is 9.78 Å². The minimum Gasteiger partial charge on any atom is -0.311 e. The first kappa shape index (κ1) is 17.9. The Balaban J connectivity index is 1.53. The molecule has 6 heteroatoms. The van der Waals surface area contributed by atoms with E-state index >= 15 is 0 Å². The molecule has 1 N–H and O–H groups in total. The molecule has 0 aliphatic heterocycles. The Morgan fingerprint density at radius 1 is 1.08 bits per heavy atom. The zero-order chi connectivity index (χ0) is 17.6. The second-order valence-electron chi connectivity index (χ2n) is 6.43. The van der Waals surface area contributed by atoms with Crippen molar-refractivity contribution < 1.29 is 9.59 Å². The molecular weight excluding hydrogens is 382 g/mol. The van der Waals surface area contributed by atoms with E-state index in [1.54, 1.807) is 18.3 Å². The molecule has 1 aromatic carbocycles. The maximum absolute atomic E-state index is 12.2. The first-order chi connectivity index (χ1) is 12.1. The van der Waals surface area contributed by atoms with Gasteiger partial charge in [0.15, 0.2) is 5.78 Å². The van der Waals surface area contributed by atoms with Crippen LogP contribution < -0.4 is 5.32 Å². The van der Waals surface area contributed by atoms with Crippen molar-refractivity contribution in [1.29, 1.82) is 0 Å². The third-order valence-corrected chi connectivity index (χ3v) is 5.13. The zero-order valence-corrected chi connectivity index (χ0v) is 15.7. The van der Waals surface area contributed by atoms with Gasteiger partial charge in [-0.25, -0.2) is 4.68 Å². The highest BCUT2D eigenvalue weighted by Crippen LogP contribution is 2.29. The van der Waals surface area contributed by atoms with E-state index in [-0.39, 0.29) is 24.5 Å². The number of amides is 1. The monoisotopic (exact) mass is 403 g/mol. The summed E-state index contributed by atoms with van der Waals surface area (Å²) in [6.45, 7) is 0. The van der Waals surface area contributed by atoms with Gasteiger partial charge in [0, 0.05) is 28.9 Å². The van der Waals surface area contributed by atoms with Gasteiger partial charge in [-0.1, -0.05) is 47.3 Å². The lowest BCUT2D eigenvalue weighted by Gasteiger charge is -2.23. The van der Waals surface area contributed by atoms with Crippen molar-refractivity contribution in [3.63, 3.8) is 0 Å². The van der Waals surface area contributed by atoms with E-state index < -0.39 is 0 Å². The Morgan fingerprint density at radius 3 is 2.52 bits per heavy atom. The van der Waals surface area contributed by atoms with Crippen LogP contribution in [0.1, 0.15) is 61.3 Å². The predicted molar refractivity (Wildman–Crippen MR) is 101 cm³/mol. The average Bonchev–Trinajstić information content (AvgIpc) is 3.09. The van der Waals surface area contributed by atoms with Gasteiger partial charge in [0.2, 0.25) is 5.91 Å². The number of carbonyl (C=O) groups is 2. The molecule has 1 aliphatic carbocycles. The summed E-state index contributed by atoms with van der Waals surface area (Å²) in [6.07, 6.45) is 7.99. The predicted octanol–water partition coefficient (Wildman–Crippen LogP) is 4.75. The molecule has 1 aromatic heterocycles. The number of benzene rings is 1. The minimum atomic E-state index is -0.150. The molecule has 25 heavy (non-hydrogen) atoms. The molecule has 0 atom stereocenters. The molecule has 3 rings (SSSR count). The molecule has 0 radical (unpaired) electrons. The van der Waals surface area contributed by atoms with Gasteiger partial charge in [0.25, 0.3) is 0 Å². The van der Waals surface area contributed by atoms with Gasteiger partial charge in [-0.3, -0.25) is 9.59 Å². The highest BCUT2D eigenvalue weighted by molar-refractivity contribution is 9.10. The van der Waals surface area contributed by atoms with E-state index in [0.29, 0.717) is 11.6 Å². The van der Waals surface area contributed by atoms with E-state index in [4.69, 9.17) is 0 Å². The van der Waals surface area contributed by atoms with Gasteiger partial charge in [-0.2, -0.15) is 5.10 Å². The number of nitrogens with one attached hydrogen (secondary N) is 1. The lowest BCUT2D eigenvalue weighted by Crippen LogP contribution is -2.20. The third-order valence-electron chi connectivity index (χ3n) is 4.60. The summed E-state index contributed by atoms with van der Waals surface area (Å²) in [5, 5.41) is 7.28. The van der Waals surface area contributed by atoms with Gasteiger partial charge in [0.05, 0.1) is 12.2 Å². The topological polar surface area (TPSA) is 64.0 Å². The zero-order valence-electron chi connectivity index (χ0n) is 14.1. The van der Waals surface area contributed by atoms with Crippen LogP contribution in [0.15, 0.2) is 41.0 Å². The van der Waals surface area contributed by atoms with Crippen LogP contribution in [-0.4, -0.2) is 21.5 Å². The SMILES string of the molecule is O=C(CCC(=O)c1ccc(Br)cc1)Nc1ccnn1C1CCCCC1. The average molecular weight is 404 g/mol. The molecule has 0 spiro atoms. The highest BCUT2D eigenvalue weighted by Gasteiger charge is 2.19. The number of halogens is 1. The number of Topliss-reactive ketones (excluding diaryl/α,β-unsaturated/α-hetero) is 1. The molecule has 1 saturated carbocycles. The van der Waals surface area contributed by atoms with E-state index in [0.717, 1.165) is 23.1 Å². The fraction of sp³-hybridized carbons (Fsp3) is 0.421. The van der Waals surface area contributed by atoms with E-state index in [2.05, 4.69) is 26.3 Å². The van der Waals surface area contributed by atoms with E-state index in [1.165, 1.54) is 19.3 Å². The third kappa shape index (κ3) is 4.78. The van der Waals surface area contributed by atoms with Crippen LogP contribution in [0.5, 0.6) is 0 Å². The first-order valence-corrected chi connectivity index (χ1v) is 9.55. The van der Waals surface area contributed by atoms with Crippen LogP contribution in [0.3, 0.4) is 0 Å². The number of aromatic nitrogens is 2. The molecule has 1 heterocycles. The normalized spacial score (nSPS) is 15.1. The van der Waals surface area contributed by atoms with Crippen molar-refractivity contribution in [2.45, 2.75) is 51.0 Å². The molecular formula is C19H22BrN3O2. The number of hydrogen-bond donors (Lipinski definition) is 1. The van der Waals surface area contributed by atoms with Gasteiger partial charge < -0.3 is 5.32 Å². The molecule has 132 valence electrons. The minimum absolute atomic E-state index is 0.0246. The molecule has 2 aromatic rings. The summed E-state index contributed by atoms with van der Waals surface area (Å²) < 4.78 is 2.85. The van der Waals surface area contributed by atoms with Crippen LogP contribution in [0.2, 0.25) is 0 Å². The second kappa shape index (κ2) is 8.43. The molecule has 0 bridgehead atoms. The lowest BCUT2D eigenvalue weighted by atomic mass is 9.96. The van der Waals surface area contributed by atoms with E-state index in [9.17, 15) is 9.59 Å². The summed E-state index contributed by atoms with van der Waals surface area (Å²) in [4.78, 5) is 24.4. The number of ketones is 1. The van der Waals surface area contributed by atoms with Crippen molar-refractivity contribution in [2.75, 3.05) is 5.32 Å². The Bertz CT molecular complexity index is 733. The summed E-state index contributed by atoms with van der Waals surface area (Å²) in [5.74, 6) is 0.555. The lowest BCUT2D eigenvalue weighted by molar-refractivity contribution is -0.116. The van der Waals surface area contributed by atoms with Gasteiger partial charge in [-0.05, 0) is 25.0 Å². The Morgan fingerprint density at radius 2 is 1.80 bits per heavy atom. The summed E-state index contributed by atoms with van der Waals surface area (Å²) in [6, 6.07) is 9.38. The Labute approximate surface area is 155 Å². The highest BCUT2D eigenvalue weighted by atomic mass is 79.9. The van der Waals surface area contributed by atoms with Crippen molar-refractivity contribution in [3.05, 3.63) is 46.6 Å².